The Bertz CT molecular complexity index is 493. The minimum Gasteiger partial charge on any atom is -0.342 e. The third-order valence-corrected chi connectivity index (χ3v) is 3.46. The van der Waals surface area contributed by atoms with Crippen molar-refractivity contribution >= 4 is 11.8 Å². The van der Waals surface area contributed by atoms with Gasteiger partial charge in [-0.15, -0.1) is 0 Å². The molecule has 4 nitrogen and oxygen atoms in total. The molecule has 0 saturated heterocycles. The summed E-state index contributed by atoms with van der Waals surface area (Å²) in [4.78, 5) is 27.7. The summed E-state index contributed by atoms with van der Waals surface area (Å²) in [6, 6.07) is 5.78. The number of likely N-dealkylation sites (N-methyl/N-ethyl adjacent to an activating group) is 2. The van der Waals surface area contributed by atoms with Gasteiger partial charge < -0.3 is 9.80 Å². The molecule has 0 aliphatic carbocycles. The molecule has 0 heterocycles. The second kappa shape index (κ2) is 7.08. The summed E-state index contributed by atoms with van der Waals surface area (Å²) in [5.74, 6) is -0.122. The van der Waals surface area contributed by atoms with Crippen molar-refractivity contribution in [3.63, 3.8) is 0 Å². The maximum Gasteiger partial charge on any atom is 0.254 e. The molecule has 0 atom stereocenters. The molecule has 1 aromatic carbocycles. The van der Waals surface area contributed by atoms with Gasteiger partial charge in [0, 0.05) is 25.7 Å². The normalized spacial score (nSPS) is 10.2. The van der Waals surface area contributed by atoms with Gasteiger partial charge in [0.15, 0.2) is 0 Å². The van der Waals surface area contributed by atoms with Gasteiger partial charge in [-0.2, -0.15) is 0 Å². The molecule has 0 aliphatic rings. The molecule has 0 fully saturated rings. The van der Waals surface area contributed by atoms with E-state index in [4.69, 9.17) is 0 Å². The minimum atomic E-state index is -0.105. The summed E-state index contributed by atoms with van der Waals surface area (Å²) >= 11 is 0. The molecular formula is C16H24N2O2. The lowest BCUT2D eigenvalue weighted by Gasteiger charge is -2.23. The Morgan fingerprint density at radius 3 is 2.25 bits per heavy atom. The Balaban J connectivity index is 2.82. The van der Waals surface area contributed by atoms with Crippen molar-refractivity contribution in [1.29, 1.82) is 0 Å². The Hall–Kier alpha value is -1.84. The van der Waals surface area contributed by atoms with Crippen LogP contribution in [0.3, 0.4) is 0 Å². The van der Waals surface area contributed by atoms with Gasteiger partial charge in [0.2, 0.25) is 5.91 Å². The van der Waals surface area contributed by atoms with Crippen LogP contribution in [0, 0.1) is 13.8 Å². The molecule has 0 saturated carbocycles. The largest absolute Gasteiger partial charge is 0.342 e. The first-order valence-corrected chi connectivity index (χ1v) is 7.01. The maximum absolute atomic E-state index is 12.4. The Labute approximate surface area is 121 Å². The lowest BCUT2D eigenvalue weighted by Crippen LogP contribution is -2.41. The van der Waals surface area contributed by atoms with Crippen LogP contribution in [0.2, 0.25) is 0 Å². The molecule has 0 bridgehead atoms. The number of hydrogen-bond acceptors (Lipinski definition) is 2. The fourth-order valence-corrected chi connectivity index (χ4v) is 2.12. The third-order valence-electron chi connectivity index (χ3n) is 3.46. The summed E-state index contributed by atoms with van der Waals surface area (Å²) in [6.45, 7) is 9.20. The number of carbonyl (C=O) groups is 2. The van der Waals surface area contributed by atoms with Gasteiger partial charge in [-0.1, -0.05) is 17.7 Å². The van der Waals surface area contributed by atoms with Gasteiger partial charge in [0.1, 0.15) is 0 Å². The van der Waals surface area contributed by atoms with Crippen molar-refractivity contribution in [2.75, 3.05) is 26.7 Å². The van der Waals surface area contributed by atoms with Crippen molar-refractivity contribution in [2.45, 2.75) is 27.7 Å². The molecule has 110 valence electrons. The van der Waals surface area contributed by atoms with Crippen LogP contribution < -0.4 is 0 Å². The molecule has 4 heteroatoms. The number of nitrogens with zero attached hydrogens (tertiary/aromatic N) is 2. The molecular weight excluding hydrogens is 252 g/mol. The second-order valence-corrected chi connectivity index (χ2v) is 5.05. The van der Waals surface area contributed by atoms with E-state index in [0.29, 0.717) is 18.7 Å². The standard InChI is InChI=1S/C16H24N2O2/c1-6-18(7-2)15(19)11-17(5)16(20)14-10-12(3)8-9-13(14)4/h8-10H,6-7,11H2,1-5H3. The van der Waals surface area contributed by atoms with Crippen molar-refractivity contribution in [3.8, 4) is 0 Å². The molecule has 0 aromatic heterocycles. The molecule has 0 aliphatic heterocycles. The van der Waals surface area contributed by atoms with Crippen molar-refractivity contribution < 1.29 is 9.59 Å². The van der Waals surface area contributed by atoms with Crippen molar-refractivity contribution in [1.82, 2.24) is 9.80 Å². The summed E-state index contributed by atoms with van der Waals surface area (Å²) in [6.07, 6.45) is 0. The zero-order valence-corrected chi connectivity index (χ0v) is 13.1. The van der Waals surface area contributed by atoms with E-state index >= 15 is 0 Å². The van der Waals surface area contributed by atoms with Gasteiger partial charge in [0.25, 0.3) is 5.91 Å². The van der Waals surface area contributed by atoms with E-state index in [0.717, 1.165) is 11.1 Å². The predicted octanol–water partition coefficient (Wildman–Crippen LogP) is 2.24. The lowest BCUT2D eigenvalue weighted by atomic mass is 10.0. The van der Waals surface area contributed by atoms with Crippen molar-refractivity contribution in [2.24, 2.45) is 0 Å². The average Bonchev–Trinajstić information content (AvgIpc) is 2.42. The summed E-state index contributed by atoms with van der Waals surface area (Å²) in [5.41, 5.74) is 2.64. The van der Waals surface area contributed by atoms with Crippen LogP contribution in [0.5, 0.6) is 0 Å². The smallest absolute Gasteiger partial charge is 0.254 e. The highest BCUT2D eigenvalue weighted by Crippen LogP contribution is 2.13. The highest BCUT2D eigenvalue weighted by Gasteiger charge is 2.19. The van der Waals surface area contributed by atoms with Gasteiger partial charge in [-0.05, 0) is 39.3 Å². The molecule has 1 aromatic rings. The van der Waals surface area contributed by atoms with Crippen LogP contribution in [0.4, 0.5) is 0 Å². The Kier molecular flexibility index (Phi) is 5.74. The van der Waals surface area contributed by atoms with Crippen LogP contribution in [-0.4, -0.2) is 48.3 Å². The molecule has 0 radical (unpaired) electrons. The SMILES string of the molecule is CCN(CC)C(=O)CN(C)C(=O)c1cc(C)ccc1C. The fourth-order valence-electron chi connectivity index (χ4n) is 2.12. The summed E-state index contributed by atoms with van der Waals surface area (Å²) in [5, 5.41) is 0. The highest BCUT2D eigenvalue weighted by molar-refractivity contribution is 5.97. The summed E-state index contributed by atoms with van der Waals surface area (Å²) in [7, 11) is 1.67. The van der Waals surface area contributed by atoms with Crippen LogP contribution in [-0.2, 0) is 4.79 Å². The van der Waals surface area contributed by atoms with Crippen LogP contribution in [0.1, 0.15) is 35.3 Å². The topological polar surface area (TPSA) is 40.6 Å². The molecule has 1 rings (SSSR count). The van der Waals surface area contributed by atoms with Crippen molar-refractivity contribution in [3.05, 3.63) is 34.9 Å². The fraction of sp³-hybridized carbons (Fsp3) is 0.500. The monoisotopic (exact) mass is 276 g/mol. The second-order valence-electron chi connectivity index (χ2n) is 5.05. The predicted molar refractivity (Wildman–Crippen MR) is 80.8 cm³/mol. The van der Waals surface area contributed by atoms with Gasteiger partial charge in [0.05, 0.1) is 6.54 Å². The molecule has 2 amide bonds. The number of amides is 2. The van der Waals surface area contributed by atoms with E-state index in [1.54, 1.807) is 11.9 Å². The van der Waals surface area contributed by atoms with E-state index in [1.807, 2.05) is 45.9 Å². The van der Waals surface area contributed by atoms with Crippen LogP contribution in [0.25, 0.3) is 0 Å². The van der Waals surface area contributed by atoms with Gasteiger partial charge >= 0.3 is 0 Å². The quantitative estimate of drug-likeness (QED) is 0.827. The van der Waals surface area contributed by atoms with Gasteiger partial charge in [-0.25, -0.2) is 0 Å². The van der Waals surface area contributed by atoms with E-state index in [2.05, 4.69) is 0 Å². The summed E-state index contributed by atoms with van der Waals surface area (Å²) < 4.78 is 0. The minimum absolute atomic E-state index is 0.0174. The van der Waals surface area contributed by atoms with E-state index < -0.39 is 0 Å². The van der Waals surface area contributed by atoms with E-state index in [-0.39, 0.29) is 18.4 Å². The zero-order valence-electron chi connectivity index (χ0n) is 13.1. The third kappa shape index (κ3) is 3.83. The van der Waals surface area contributed by atoms with Crippen LogP contribution in [0.15, 0.2) is 18.2 Å². The number of aryl methyl sites for hydroxylation is 2. The van der Waals surface area contributed by atoms with Crippen LogP contribution >= 0.6 is 0 Å². The zero-order chi connectivity index (χ0) is 15.3. The first kappa shape index (κ1) is 16.2. The maximum atomic E-state index is 12.4. The molecule has 0 N–H and O–H groups in total. The Morgan fingerprint density at radius 2 is 1.70 bits per heavy atom. The molecule has 0 spiro atoms. The van der Waals surface area contributed by atoms with E-state index in [9.17, 15) is 9.59 Å². The van der Waals surface area contributed by atoms with E-state index in [1.165, 1.54) is 4.90 Å². The molecule has 0 unspecified atom stereocenters. The highest BCUT2D eigenvalue weighted by atomic mass is 16.2. The number of carbonyl (C=O) groups excluding carboxylic acids is 2. The first-order chi connectivity index (χ1) is 9.40. The lowest BCUT2D eigenvalue weighted by molar-refractivity contribution is -0.131. The first-order valence-electron chi connectivity index (χ1n) is 7.01. The van der Waals surface area contributed by atoms with Gasteiger partial charge in [-0.3, -0.25) is 9.59 Å². The number of benzene rings is 1. The Morgan fingerprint density at radius 1 is 1.10 bits per heavy atom. The molecule has 20 heavy (non-hydrogen) atoms. The number of rotatable bonds is 5. The number of hydrogen-bond donors (Lipinski definition) is 0. The average molecular weight is 276 g/mol.